The second kappa shape index (κ2) is 9.82. The van der Waals surface area contributed by atoms with Crippen LogP contribution in [0, 0.1) is 0 Å². The van der Waals surface area contributed by atoms with Crippen LogP contribution in [-0.2, 0) is 16.0 Å². The van der Waals surface area contributed by atoms with Gasteiger partial charge >= 0.3 is 11.8 Å². The molecule has 0 unspecified atom stereocenters. The van der Waals surface area contributed by atoms with Crippen LogP contribution in [0.15, 0.2) is 48.5 Å². The van der Waals surface area contributed by atoms with E-state index in [4.69, 9.17) is 9.47 Å². The number of nitrogens with one attached hydrogen (secondary N) is 1. The van der Waals surface area contributed by atoms with Gasteiger partial charge in [0, 0.05) is 32.7 Å². The van der Waals surface area contributed by atoms with Crippen molar-refractivity contribution in [2.45, 2.75) is 6.42 Å². The molecule has 1 aliphatic rings. The Labute approximate surface area is 171 Å². The van der Waals surface area contributed by atoms with E-state index in [0.29, 0.717) is 39.1 Å². The first kappa shape index (κ1) is 20.5. The van der Waals surface area contributed by atoms with E-state index in [9.17, 15) is 9.59 Å². The lowest BCUT2D eigenvalue weighted by Gasteiger charge is -2.36. The Morgan fingerprint density at radius 1 is 0.897 bits per heavy atom. The number of para-hydroxylation sites is 3. The summed E-state index contributed by atoms with van der Waals surface area (Å²) < 4.78 is 10.7. The molecule has 7 nitrogen and oxygen atoms in total. The first-order valence-electron chi connectivity index (χ1n) is 9.71. The lowest BCUT2D eigenvalue weighted by Crippen LogP contribution is -2.52. The van der Waals surface area contributed by atoms with E-state index in [1.807, 2.05) is 48.5 Å². The van der Waals surface area contributed by atoms with Gasteiger partial charge < -0.3 is 24.6 Å². The molecule has 0 atom stereocenters. The second-order valence-corrected chi connectivity index (χ2v) is 6.77. The molecule has 2 aromatic rings. The summed E-state index contributed by atoms with van der Waals surface area (Å²) in [4.78, 5) is 28.5. The van der Waals surface area contributed by atoms with E-state index in [-0.39, 0.29) is 0 Å². The van der Waals surface area contributed by atoms with Gasteiger partial charge in [-0.3, -0.25) is 9.59 Å². The van der Waals surface area contributed by atoms with Crippen LogP contribution in [0.2, 0.25) is 0 Å². The largest absolute Gasteiger partial charge is 0.496 e. The van der Waals surface area contributed by atoms with Crippen LogP contribution in [0.25, 0.3) is 0 Å². The maximum absolute atomic E-state index is 12.5. The SMILES string of the molecule is COc1ccccc1CCNC(=O)C(=O)N1CCN(c2ccccc2OC)CC1. The van der Waals surface area contributed by atoms with Crippen molar-refractivity contribution in [3.8, 4) is 11.5 Å². The number of anilines is 1. The number of carbonyl (C=O) groups is 2. The molecule has 154 valence electrons. The molecule has 1 aliphatic heterocycles. The molecular weight excluding hydrogens is 370 g/mol. The first-order chi connectivity index (χ1) is 14.1. The van der Waals surface area contributed by atoms with Crippen LogP contribution in [0.3, 0.4) is 0 Å². The molecule has 0 aromatic heterocycles. The number of rotatable bonds is 6. The van der Waals surface area contributed by atoms with Crippen LogP contribution in [0.4, 0.5) is 5.69 Å². The first-order valence-corrected chi connectivity index (χ1v) is 9.71. The Morgan fingerprint density at radius 2 is 1.52 bits per heavy atom. The van der Waals surface area contributed by atoms with Crippen molar-refractivity contribution < 1.29 is 19.1 Å². The van der Waals surface area contributed by atoms with Crippen LogP contribution in [0.1, 0.15) is 5.56 Å². The predicted octanol–water partition coefficient (Wildman–Crippen LogP) is 1.71. The van der Waals surface area contributed by atoms with Gasteiger partial charge in [0.1, 0.15) is 11.5 Å². The fourth-order valence-electron chi connectivity index (χ4n) is 3.48. The highest BCUT2D eigenvalue weighted by Crippen LogP contribution is 2.28. The number of hydrogen-bond acceptors (Lipinski definition) is 5. The molecule has 0 bridgehead atoms. The lowest BCUT2D eigenvalue weighted by atomic mass is 10.1. The van der Waals surface area contributed by atoms with Crippen molar-refractivity contribution in [2.75, 3.05) is 51.8 Å². The van der Waals surface area contributed by atoms with Gasteiger partial charge in [-0.2, -0.15) is 0 Å². The minimum atomic E-state index is -0.564. The molecule has 0 aliphatic carbocycles. The minimum absolute atomic E-state index is 0.381. The van der Waals surface area contributed by atoms with Crippen LogP contribution in [0.5, 0.6) is 11.5 Å². The summed E-state index contributed by atoms with van der Waals surface area (Å²) in [5, 5.41) is 2.72. The maximum atomic E-state index is 12.5. The topological polar surface area (TPSA) is 71.1 Å². The number of methoxy groups -OCH3 is 2. The number of benzene rings is 2. The molecule has 1 saturated heterocycles. The molecule has 29 heavy (non-hydrogen) atoms. The highest BCUT2D eigenvalue weighted by atomic mass is 16.5. The third kappa shape index (κ3) is 4.99. The number of piperazine rings is 1. The van der Waals surface area contributed by atoms with Crippen molar-refractivity contribution in [3.05, 3.63) is 54.1 Å². The molecule has 1 N–H and O–H groups in total. The van der Waals surface area contributed by atoms with Crippen molar-refractivity contribution in [1.29, 1.82) is 0 Å². The van der Waals surface area contributed by atoms with Crippen LogP contribution < -0.4 is 19.7 Å². The number of ether oxygens (including phenoxy) is 2. The summed E-state index contributed by atoms with van der Waals surface area (Å²) in [6.45, 7) is 2.68. The van der Waals surface area contributed by atoms with E-state index < -0.39 is 11.8 Å². The molecule has 1 fully saturated rings. The van der Waals surface area contributed by atoms with Gasteiger partial charge in [0.25, 0.3) is 0 Å². The molecule has 2 amide bonds. The van der Waals surface area contributed by atoms with Crippen LogP contribution >= 0.6 is 0 Å². The standard InChI is InChI=1S/C22H27N3O4/c1-28-19-9-5-3-7-17(19)11-12-23-21(26)22(27)25-15-13-24(14-16-25)18-8-4-6-10-20(18)29-2/h3-10H,11-16H2,1-2H3,(H,23,26). The van der Waals surface area contributed by atoms with E-state index in [1.165, 1.54) is 0 Å². The zero-order valence-corrected chi connectivity index (χ0v) is 16.9. The highest BCUT2D eigenvalue weighted by molar-refractivity contribution is 6.35. The number of amides is 2. The zero-order chi connectivity index (χ0) is 20.6. The molecule has 1 heterocycles. The second-order valence-electron chi connectivity index (χ2n) is 6.77. The molecule has 0 radical (unpaired) electrons. The monoisotopic (exact) mass is 397 g/mol. The molecule has 0 spiro atoms. The Morgan fingerprint density at radius 3 is 2.21 bits per heavy atom. The summed E-state index contributed by atoms with van der Waals surface area (Å²) in [5.74, 6) is 0.539. The van der Waals surface area contributed by atoms with Crippen molar-refractivity contribution in [3.63, 3.8) is 0 Å². The van der Waals surface area contributed by atoms with Crippen LogP contribution in [-0.4, -0.2) is 63.7 Å². The average Bonchev–Trinajstić information content (AvgIpc) is 2.78. The Hall–Kier alpha value is -3.22. The number of nitrogens with zero attached hydrogens (tertiary/aromatic N) is 2. The third-order valence-corrected chi connectivity index (χ3v) is 5.06. The lowest BCUT2D eigenvalue weighted by molar-refractivity contribution is -0.146. The summed E-state index contributed by atoms with van der Waals surface area (Å²) in [5.41, 5.74) is 2.00. The van der Waals surface area contributed by atoms with E-state index in [2.05, 4.69) is 10.2 Å². The van der Waals surface area contributed by atoms with Gasteiger partial charge in [0.05, 0.1) is 19.9 Å². The number of hydrogen-bond donors (Lipinski definition) is 1. The summed E-state index contributed by atoms with van der Waals surface area (Å²) >= 11 is 0. The fraction of sp³-hybridized carbons (Fsp3) is 0.364. The Bertz CT molecular complexity index is 847. The summed E-state index contributed by atoms with van der Waals surface area (Å²) in [6.07, 6.45) is 0.602. The fourth-order valence-corrected chi connectivity index (χ4v) is 3.48. The molecule has 2 aromatic carbocycles. The van der Waals surface area contributed by atoms with E-state index in [0.717, 1.165) is 22.7 Å². The van der Waals surface area contributed by atoms with Gasteiger partial charge in [0.2, 0.25) is 0 Å². The Kier molecular flexibility index (Phi) is 6.94. The van der Waals surface area contributed by atoms with Gasteiger partial charge in [-0.1, -0.05) is 30.3 Å². The van der Waals surface area contributed by atoms with Crippen molar-refractivity contribution in [1.82, 2.24) is 10.2 Å². The zero-order valence-electron chi connectivity index (χ0n) is 16.9. The van der Waals surface area contributed by atoms with Gasteiger partial charge in [-0.15, -0.1) is 0 Å². The normalized spacial score (nSPS) is 13.7. The van der Waals surface area contributed by atoms with Crippen molar-refractivity contribution >= 4 is 17.5 Å². The average molecular weight is 397 g/mol. The summed E-state index contributed by atoms with van der Waals surface area (Å²) in [6, 6.07) is 15.5. The Balaban J connectivity index is 1.48. The molecular formula is C22H27N3O4. The molecule has 0 saturated carbocycles. The molecule has 7 heteroatoms. The van der Waals surface area contributed by atoms with E-state index >= 15 is 0 Å². The van der Waals surface area contributed by atoms with E-state index in [1.54, 1.807) is 19.1 Å². The summed E-state index contributed by atoms with van der Waals surface area (Å²) in [7, 11) is 3.26. The van der Waals surface area contributed by atoms with Gasteiger partial charge in [-0.25, -0.2) is 0 Å². The maximum Gasteiger partial charge on any atom is 0.312 e. The third-order valence-electron chi connectivity index (χ3n) is 5.06. The highest BCUT2D eigenvalue weighted by Gasteiger charge is 2.26. The predicted molar refractivity (Wildman–Crippen MR) is 111 cm³/mol. The smallest absolute Gasteiger partial charge is 0.312 e. The van der Waals surface area contributed by atoms with Crippen molar-refractivity contribution in [2.24, 2.45) is 0 Å². The van der Waals surface area contributed by atoms with Gasteiger partial charge in [-0.05, 0) is 30.2 Å². The van der Waals surface area contributed by atoms with Gasteiger partial charge in [0.15, 0.2) is 0 Å². The molecule has 3 rings (SSSR count). The minimum Gasteiger partial charge on any atom is -0.496 e. The quantitative estimate of drug-likeness (QED) is 0.752. The number of carbonyl (C=O) groups excluding carboxylic acids is 2.